The molecule has 0 saturated heterocycles. The summed E-state index contributed by atoms with van der Waals surface area (Å²) in [5, 5.41) is 7.06. The van der Waals surface area contributed by atoms with Gasteiger partial charge in [-0.2, -0.15) is 0 Å². The van der Waals surface area contributed by atoms with Crippen LogP contribution >= 0.6 is 90.7 Å². The third-order valence-corrected chi connectivity index (χ3v) is 22.1. The van der Waals surface area contributed by atoms with Crippen LogP contribution in [-0.2, 0) is 0 Å². The monoisotopic (exact) mass is 1050 g/mol. The summed E-state index contributed by atoms with van der Waals surface area (Å²) in [4.78, 5) is 28.7. The number of aromatic nitrogens is 4. The van der Waals surface area contributed by atoms with Crippen LogP contribution in [0.1, 0.15) is 19.5 Å². The highest BCUT2D eigenvalue weighted by Crippen LogP contribution is 2.46. The molecule has 12 heteroatoms. The fourth-order valence-electron chi connectivity index (χ4n) is 9.58. The zero-order valence-corrected chi connectivity index (χ0v) is 44.6. The topological polar surface area (TPSA) is 35.6 Å². The largest absolute Gasteiger partial charge is 0.299 e. The Morgan fingerprint density at radius 2 is 0.600 bits per heavy atom. The number of hydrogen-bond donors (Lipinski definition) is 0. The summed E-state index contributed by atoms with van der Waals surface area (Å²) in [6, 6.07) is 54.5. The van der Waals surface area contributed by atoms with Gasteiger partial charge in [0.15, 0.2) is 0 Å². The summed E-state index contributed by atoms with van der Waals surface area (Å²) in [6.45, 7) is 8.71. The lowest BCUT2D eigenvalue weighted by atomic mass is 10.1. The predicted molar refractivity (Wildman–Crippen MR) is 311 cm³/mol. The number of benzene rings is 2. The van der Waals surface area contributed by atoms with Crippen molar-refractivity contribution in [1.82, 2.24) is 19.1 Å². The molecule has 0 aliphatic carbocycles. The Morgan fingerprint density at radius 1 is 0.286 bits per heavy atom. The van der Waals surface area contributed by atoms with Gasteiger partial charge in [-0.25, -0.2) is 0 Å². The number of aryl methyl sites for hydroxylation is 4. The van der Waals surface area contributed by atoms with Crippen LogP contribution in [0.25, 0.3) is 125 Å². The van der Waals surface area contributed by atoms with E-state index in [2.05, 4.69) is 195 Å². The molecule has 70 heavy (non-hydrogen) atoms. The van der Waals surface area contributed by atoms with Crippen molar-refractivity contribution in [2.45, 2.75) is 27.7 Å². The summed E-state index contributed by atoms with van der Waals surface area (Å²) in [7, 11) is 0. The van der Waals surface area contributed by atoms with Crippen molar-refractivity contribution in [1.29, 1.82) is 0 Å². The molecule has 0 spiro atoms. The Morgan fingerprint density at radius 3 is 0.971 bits per heavy atom. The molecule has 0 N–H and O–H groups in total. The van der Waals surface area contributed by atoms with Crippen LogP contribution in [0.5, 0.6) is 0 Å². The molecular weight excluding hydrogens is 1010 g/mol. The molecule has 338 valence electrons. The fraction of sp³-hybridized carbons (Fsp3) is 0.0690. The van der Waals surface area contributed by atoms with Gasteiger partial charge in [-0.15, -0.1) is 90.7 Å². The highest BCUT2D eigenvalue weighted by molar-refractivity contribution is 7.25. The summed E-state index contributed by atoms with van der Waals surface area (Å²) in [5.74, 6) is 0. The third-order valence-electron chi connectivity index (χ3n) is 12.9. The number of nitrogens with zero attached hydrogens (tertiary/aromatic N) is 4. The van der Waals surface area contributed by atoms with E-state index in [0.29, 0.717) is 0 Å². The molecule has 0 amide bonds. The normalized spacial score (nSPS) is 12.0. The minimum Gasteiger partial charge on any atom is -0.299 e. The summed E-state index contributed by atoms with van der Waals surface area (Å²) in [5.41, 5.74) is 8.62. The Labute approximate surface area is 436 Å². The molecule has 14 aromatic rings. The van der Waals surface area contributed by atoms with Crippen molar-refractivity contribution in [2.75, 3.05) is 0 Å². The first-order valence-corrected chi connectivity index (χ1v) is 29.3. The first kappa shape index (κ1) is 42.8. The number of pyridine rings is 2. The summed E-state index contributed by atoms with van der Waals surface area (Å²) in [6.07, 6.45) is 4.13. The van der Waals surface area contributed by atoms with Crippen LogP contribution in [0.4, 0.5) is 0 Å². The van der Waals surface area contributed by atoms with Crippen LogP contribution in [0, 0.1) is 27.7 Å². The third kappa shape index (κ3) is 7.26. The van der Waals surface area contributed by atoms with E-state index < -0.39 is 0 Å². The molecule has 0 aliphatic rings. The van der Waals surface area contributed by atoms with Gasteiger partial charge >= 0.3 is 0 Å². The fourth-order valence-corrected chi connectivity index (χ4v) is 17.5. The average molecular weight is 1050 g/mol. The van der Waals surface area contributed by atoms with E-state index in [1.54, 1.807) is 0 Å². The van der Waals surface area contributed by atoms with Crippen LogP contribution < -0.4 is 0 Å². The zero-order valence-electron chi connectivity index (χ0n) is 38.1. The van der Waals surface area contributed by atoms with Gasteiger partial charge in [0, 0.05) is 89.8 Å². The molecule has 14 rings (SSSR count). The lowest BCUT2D eigenvalue weighted by Gasteiger charge is -2.06. The standard InChI is InChI=1S/C58H38N4S8/c1-31-5-13-49(63-31)53-19-17-47(67-53)35-9-11-43-37(25-35)39-27-41(59-29-45(39)61(43)57-23-21-55(69-57)51-15-7-33(3)65-51)42-28-40-38-26-36(48-18-20-54(68-48)50-14-6-32(2)64-50)10-12-44(38)62(46(40)30-60-42)58-24-22-56(70-58)52-16-8-34(4)66-52/h5-30H,1-4H3. The van der Waals surface area contributed by atoms with Crippen molar-refractivity contribution >= 4 is 134 Å². The summed E-state index contributed by atoms with van der Waals surface area (Å²) >= 11 is 14.8. The van der Waals surface area contributed by atoms with E-state index in [9.17, 15) is 0 Å². The average Bonchev–Trinajstić information content (AvgIpc) is 4.21. The highest BCUT2D eigenvalue weighted by Gasteiger charge is 2.21. The molecule has 12 heterocycles. The van der Waals surface area contributed by atoms with E-state index in [0.717, 1.165) is 44.2 Å². The molecule has 12 aromatic heterocycles. The Balaban J connectivity index is 0.933. The Hall–Kier alpha value is -6.06. The van der Waals surface area contributed by atoms with Gasteiger partial charge in [-0.1, -0.05) is 12.1 Å². The molecule has 0 saturated carbocycles. The van der Waals surface area contributed by atoms with Gasteiger partial charge in [0.05, 0.1) is 45.8 Å². The second kappa shape index (κ2) is 16.8. The molecule has 0 fully saturated rings. The molecule has 0 unspecified atom stereocenters. The highest BCUT2D eigenvalue weighted by atomic mass is 32.1. The van der Waals surface area contributed by atoms with E-state index >= 15 is 0 Å². The van der Waals surface area contributed by atoms with Gasteiger partial charge in [-0.05, 0) is 172 Å². The van der Waals surface area contributed by atoms with Crippen LogP contribution in [-0.4, -0.2) is 19.1 Å². The molecule has 2 aromatic carbocycles. The predicted octanol–water partition coefficient (Wildman–Crippen LogP) is 20.1. The minimum atomic E-state index is 0.851. The van der Waals surface area contributed by atoms with E-state index in [4.69, 9.17) is 9.97 Å². The summed E-state index contributed by atoms with van der Waals surface area (Å²) < 4.78 is 4.81. The lowest BCUT2D eigenvalue weighted by Crippen LogP contribution is -1.93. The molecular formula is C58H38N4S8. The minimum absolute atomic E-state index is 0.851. The van der Waals surface area contributed by atoms with Crippen molar-refractivity contribution in [3.05, 3.63) is 177 Å². The van der Waals surface area contributed by atoms with Gasteiger partial charge in [0.25, 0.3) is 0 Å². The number of hydrogen-bond acceptors (Lipinski definition) is 10. The zero-order chi connectivity index (χ0) is 46.8. The number of rotatable bonds is 9. The Kier molecular flexibility index (Phi) is 10.3. The first-order chi connectivity index (χ1) is 34.2. The van der Waals surface area contributed by atoms with Crippen LogP contribution in [0.15, 0.2) is 158 Å². The van der Waals surface area contributed by atoms with Gasteiger partial charge in [0.1, 0.15) is 10.0 Å². The first-order valence-electron chi connectivity index (χ1n) is 22.8. The second-order valence-corrected chi connectivity index (χ2v) is 27.0. The smallest absolute Gasteiger partial charge is 0.101 e. The number of fused-ring (bicyclic) bond motifs is 6. The van der Waals surface area contributed by atoms with E-state index in [1.807, 2.05) is 90.7 Å². The van der Waals surface area contributed by atoms with Gasteiger partial charge in [0.2, 0.25) is 0 Å². The molecule has 0 aliphatic heterocycles. The van der Waals surface area contributed by atoms with Crippen molar-refractivity contribution in [3.8, 4) is 81.3 Å². The maximum absolute atomic E-state index is 5.26. The molecule has 0 atom stereocenters. The van der Waals surface area contributed by atoms with Crippen molar-refractivity contribution in [3.63, 3.8) is 0 Å². The van der Waals surface area contributed by atoms with E-state index in [-0.39, 0.29) is 0 Å². The van der Waals surface area contributed by atoms with Crippen LogP contribution in [0.3, 0.4) is 0 Å². The van der Waals surface area contributed by atoms with Crippen LogP contribution in [0.2, 0.25) is 0 Å². The number of thiophene rings is 8. The van der Waals surface area contributed by atoms with E-state index in [1.165, 1.54) is 100 Å². The SMILES string of the molecule is Cc1ccc(-c2ccc(-c3ccc4c(c3)c3cc(-c5cc6c7cc(-c8ccc(-c9ccc(C)s9)s8)ccc7n(-c7ccc(-c8ccc(C)s8)s7)c6cn5)ncc3n4-c3ccc(-c4ccc(C)s4)s3)s2)s1. The Bertz CT molecular complexity index is 4050. The van der Waals surface area contributed by atoms with Crippen molar-refractivity contribution in [2.24, 2.45) is 0 Å². The molecule has 0 radical (unpaired) electrons. The molecule has 4 nitrogen and oxygen atoms in total. The maximum atomic E-state index is 5.26. The lowest BCUT2D eigenvalue weighted by molar-refractivity contribution is 1.19. The quantitative estimate of drug-likeness (QED) is 0.144. The second-order valence-electron chi connectivity index (χ2n) is 17.6. The van der Waals surface area contributed by atoms with Gasteiger partial charge in [-0.3, -0.25) is 19.1 Å². The maximum Gasteiger partial charge on any atom is 0.101 e. The van der Waals surface area contributed by atoms with Gasteiger partial charge < -0.3 is 0 Å². The molecule has 0 bridgehead atoms. The van der Waals surface area contributed by atoms with Crippen molar-refractivity contribution < 1.29 is 0 Å².